The monoisotopic (exact) mass is 271 g/mol. The van der Waals surface area contributed by atoms with E-state index in [0.29, 0.717) is 11.5 Å². The summed E-state index contributed by atoms with van der Waals surface area (Å²) in [4.78, 5) is 21.7. The second-order valence-corrected chi connectivity index (χ2v) is 4.66. The third-order valence-corrected chi connectivity index (χ3v) is 2.77. The Labute approximate surface area is 117 Å². The average Bonchev–Trinajstić information content (AvgIpc) is 2.41. The highest BCUT2D eigenvalue weighted by atomic mass is 16.1. The molecular weight excluding hydrogens is 254 g/mol. The molecule has 0 saturated heterocycles. The van der Waals surface area contributed by atoms with Gasteiger partial charge in [-0.15, -0.1) is 0 Å². The molecule has 20 heavy (non-hydrogen) atoms. The van der Waals surface area contributed by atoms with Crippen LogP contribution in [0.3, 0.4) is 0 Å². The Hall–Kier alpha value is -2.63. The molecule has 0 spiro atoms. The number of nitrogens with zero attached hydrogens (tertiary/aromatic N) is 3. The Morgan fingerprint density at radius 2 is 2.10 bits per heavy atom. The summed E-state index contributed by atoms with van der Waals surface area (Å²) in [5.41, 5.74) is 7.40. The Morgan fingerprint density at radius 3 is 2.75 bits per heavy atom. The molecule has 0 unspecified atom stereocenters. The number of anilines is 3. The van der Waals surface area contributed by atoms with Gasteiger partial charge in [-0.2, -0.15) is 4.98 Å². The quantitative estimate of drug-likeness (QED) is 0.884. The highest BCUT2D eigenvalue weighted by Crippen LogP contribution is 2.19. The number of primary amides is 1. The number of amides is 1. The van der Waals surface area contributed by atoms with Crippen molar-refractivity contribution in [1.82, 2.24) is 9.97 Å². The fraction of sp³-hybridized carbons (Fsp3) is 0.214. The number of aryl methyl sites for hydroxylation is 1. The van der Waals surface area contributed by atoms with Crippen LogP contribution >= 0.6 is 0 Å². The summed E-state index contributed by atoms with van der Waals surface area (Å²) < 4.78 is 0. The van der Waals surface area contributed by atoms with Crippen molar-refractivity contribution in [3.8, 4) is 0 Å². The summed E-state index contributed by atoms with van der Waals surface area (Å²) in [6.07, 6.45) is 1.75. The van der Waals surface area contributed by atoms with E-state index < -0.39 is 5.91 Å². The number of rotatable bonds is 4. The van der Waals surface area contributed by atoms with E-state index in [2.05, 4.69) is 15.3 Å². The normalized spacial score (nSPS) is 10.2. The van der Waals surface area contributed by atoms with E-state index in [-0.39, 0.29) is 0 Å². The van der Waals surface area contributed by atoms with Gasteiger partial charge in [0.2, 0.25) is 11.9 Å². The summed E-state index contributed by atoms with van der Waals surface area (Å²) in [6, 6.07) is 6.91. The fourth-order valence-corrected chi connectivity index (χ4v) is 1.83. The molecule has 0 atom stereocenters. The minimum Gasteiger partial charge on any atom is -0.366 e. The molecule has 0 saturated carbocycles. The topological polar surface area (TPSA) is 84.1 Å². The number of hydrogen-bond donors (Lipinski definition) is 2. The zero-order chi connectivity index (χ0) is 14.7. The highest BCUT2D eigenvalue weighted by molar-refractivity contribution is 5.93. The van der Waals surface area contributed by atoms with Crippen molar-refractivity contribution in [3.05, 3.63) is 41.6 Å². The van der Waals surface area contributed by atoms with Crippen molar-refractivity contribution in [1.29, 1.82) is 0 Å². The van der Waals surface area contributed by atoms with Crippen molar-refractivity contribution < 1.29 is 4.79 Å². The minimum absolute atomic E-state index is 0.440. The van der Waals surface area contributed by atoms with Gasteiger partial charge < -0.3 is 16.0 Å². The average molecular weight is 271 g/mol. The van der Waals surface area contributed by atoms with E-state index in [1.165, 1.54) is 0 Å². The second-order valence-electron chi connectivity index (χ2n) is 4.66. The molecule has 0 aliphatic heterocycles. The van der Waals surface area contributed by atoms with E-state index in [4.69, 9.17) is 5.73 Å². The Kier molecular flexibility index (Phi) is 3.84. The summed E-state index contributed by atoms with van der Waals surface area (Å²) in [6.45, 7) is 1.95. The molecule has 6 nitrogen and oxygen atoms in total. The van der Waals surface area contributed by atoms with Gasteiger partial charge in [0, 0.05) is 37.1 Å². The van der Waals surface area contributed by atoms with Crippen molar-refractivity contribution in [3.63, 3.8) is 0 Å². The van der Waals surface area contributed by atoms with Gasteiger partial charge >= 0.3 is 0 Å². The molecule has 0 radical (unpaired) electrons. The number of carbonyl (C=O) groups excluding carboxylic acids is 1. The summed E-state index contributed by atoms with van der Waals surface area (Å²) in [5.74, 6) is 0.849. The van der Waals surface area contributed by atoms with Gasteiger partial charge in [0.25, 0.3) is 0 Å². The van der Waals surface area contributed by atoms with E-state index >= 15 is 0 Å². The number of nitrogens with one attached hydrogen (secondary N) is 1. The van der Waals surface area contributed by atoms with Gasteiger partial charge in [-0.05, 0) is 25.1 Å². The number of nitrogens with two attached hydrogens (primary N) is 1. The standard InChI is InChI=1S/C14H17N5O/c1-9-8-16-14(18-13(9)19(2)3)17-11-6-4-5-10(7-11)12(15)20/h4-8H,1-3H3,(H2,15,20)(H,16,17,18). The third-order valence-electron chi connectivity index (χ3n) is 2.77. The lowest BCUT2D eigenvalue weighted by Gasteiger charge is -2.15. The van der Waals surface area contributed by atoms with Gasteiger partial charge in [0.05, 0.1) is 0 Å². The largest absolute Gasteiger partial charge is 0.366 e. The zero-order valence-electron chi connectivity index (χ0n) is 11.7. The molecule has 3 N–H and O–H groups in total. The molecular formula is C14H17N5O. The van der Waals surface area contributed by atoms with Crippen LogP contribution in [-0.4, -0.2) is 30.0 Å². The molecule has 6 heteroatoms. The lowest BCUT2D eigenvalue weighted by molar-refractivity contribution is 0.100. The first kappa shape index (κ1) is 13.8. The SMILES string of the molecule is Cc1cnc(Nc2cccc(C(N)=O)c2)nc1N(C)C. The Bertz CT molecular complexity index is 639. The minimum atomic E-state index is -0.465. The lowest BCUT2D eigenvalue weighted by Crippen LogP contribution is -2.14. The highest BCUT2D eigenvalue weighted by Gasteiger charge is 2.07. The van der Waals surface area contributed by atoms with Crippen LogP contribution in [-0.2, 0) is 0 Å². The van der Waals surface area contributed by atoms with Gasteiger partial charge in [0.15, 0.2) is 0 Å². The lowest BCUT2D eigenvalue weighted by atomic mass is 10.2. The first-order chi connectivity index (χ1) is 9.47. The maximum Gasteiger partial charge on any atom is 0.248 e. The van der Waals surface area contributed by atoms with Crippen molar-refractivity contribution >= 4 is 23.4 Å². The molecule has 104 valence electrons. The van der Waals surface area contributed by atoms with Crippen LogP contribution in [0.5, 0.6) is 0 Å². The first-order valence-electron chi connectivity index (χ1n) is 6.15. The van der Waals surface area contributed by atoms with Gasteiger partial charge in [-0.1, -0.05) is 6.07 Å². The summed E-state index contributed by atoms with van der Waals surface area (Å²) in [7, 11) is 3.85. The number of aromatic nitrogens is 2. The molecule has 2 rings (SSSR count). The molecule has 0 bridgehead atoms. The van der Waals surface area contributed by atoms with Crippen LogP contribution < -0.4 is 16.0 Å². The summed E-state index contributed by atoms with van der Waals surface area (Å²) in [5, 5.41) is 3.06. The predicted molar refractivity (Wildman–Crippen MR) is 79.3 cm³/mol. The number of carbonyl (C=O) groups is 1. The molecule has 1 aromatic carbocycles. The van der Waals surface area contributed by atoms with E-state index in [0.717, 1.165) is 17.1 Å². The molecule has 0 fully saturated rings. The van der Waals surface area contributed by atoms with E-state index in [1.54, 1.807) is 24.4 Å². The maximum absolute atomic E-state index is 11.2. The van der Waals surface area contributed by atoms with Crippen LogP contribution in [0.1, 0.15) is 15.9 Å². The predicted octanol–water partition coefficient (Wildman–Crippen LogP) is 1.69. The fourth-order valence-electron chi connectivity index (χ4n) is 1.83. The molecule has 1 amide bonds. The molecule has 2 aromatic rings. The third kappa shape index (κ3) is 3.03. The van der Waals surface area contributed by atoms with Crippen molar-refractivity contribution in [2.45, 2.75) is 6.92 Å². The Morgan fingerprint density at radius 1 is 1.35 bits per heavy atom. The van der Waals surface area contributed by atoms with Crippen LogP contribution in [0.2, 0.25) is 0 Å². The number of hydrogen-bond acceptors (Lipinski definition) is 5. The number of benzene rings is 1. The molecule has 0 aliphatic carbocycles. The first-order valence-corrected chi connectivity index (χ1v) is 6.15. The van der Waals surface area contributed by atoms with Gasteiger partial charge in [-0.3, -0.25) is 4.79 Å². The van der Waals surface area contributed by atoms with Crippen molar-refractivity contribution in [2.24, 2.45) is 5.73 Å². The maximum atomic E-state index is 11.2. The van der Waals surface area contributed by atoms with Crippen LogP contribution in [0, 0.1) is 6.92 Å². The smallest absolute Gasteiger partial charge is 0.248 e. The van der Waals surface area contributed by atoms with Crippen LogP contribution in [0.4, 0.5) is 17.5 Å². The Balaban J connectivity index is 2.28. The van der Waals surface area contributed by atoms with E-state index in [9.17, 15) is 4.79 Å². The van der Waals surface area contributed by atoms with Gasteiger partial charge in [-0.25, -0.2) is 4.98 Å². The van der Waals surface area contributed by atoms with Crippen LogP contribution in [0.25, 0.3) is 0 Å². The molecule has 1 heterocycles. The molecule has 1 aromatic heterocycles. The van der Waals surface area contributed by atoms with Crippen LogP contribution in [0.15, 0.2) is 30.5 Å². The molecule has 0 aliphatic rings. The van der Waals surface area contributed by atoms with Gasteiger partial charge in [0.1, 0.15) is 5.82 Å². The second kappa shape index (κ2) is 5.56. The van der Waals surface area contributed by atoms with E-state index in [1.807, 2.05) is 32.0 Å². The van der Waals surface area contributed by atoms with Crippen molar-refractivity contribution in [2.75, 3.05) is 24.3 Å². The zero-order valence-corrected chi connectivity index (χ0v) is 11.7. The summed E-state index contributed by atoms with van der Waals surface area (Å²) >= 11 is 0.